The van der Waals surface area contributed by atoms with E-state index in [1.165, 1.54) is 30.4 Å². The topological polar surface area (TPSA) is 40.5 Å². The molecule has 5 unspecified atom stereocenters. The number of hydrogen-bond acceptors (Lipinski definition) is 2. The fourth-order valence-corrected chi connectivity index (χ4v) is 5.92. The molecule has 1 aromatic carbocycles. The summed E-state index contributed by atoms with van der Waals surface area (Å²) < 4.78 is 0. The number of aryl methyl sites for hydroxylation is 1. The lowest BCUT2D eigenvalue weighted by atomic mass is 9.49. The second-order valence-corrected chi connectivity index (χ2v) is 8.11. The van der Waals surface area contributed by atoms with Crippen molar-refractivity contribution in [2.24, 2.45) is 17.3 Å². The maximum absolute atomic E-state index is 10.5. The first kappa shape index (κ1) is 13.6. The molecular formula is C19H26O2. The predicted octanol–water partition coefficient (Wildman–Crippen LogP) is 3.78. The van der Waals surface area contributed by atoms with Crippen LogP contribution in [0.5, 0.6) is 5.75 Å². The third kappa shape index (κ3) is 1.69. The standard InChI is InChI=1S/C19H26O2/c1-18-9-10-19(2)16(7-8-17(19)21)15(18)5-3-12-11-13(20)4-6-14(12)18/h4,6,11,15-17,20-21H,3,5,7-10H2,1-2H3. The highest BCUT2D eigenvalue weighted by molar-refractivity contribution is 5.43. The van der Waals surface area contributed by atoms with Gasteiger partial charge in [-0.3, -0.25) is 0 Å². The van der Waals surface area contributed by atoms with Crippen LogP contribution in [-0.2, 0) is 11.8 Å². The van der Waals surface area contributed by atoms with Crippen molar-refractivity contribution in [2.75, 3.05) is 0 Å². The second kappa shape index (κ2) is 4.25. The summed E-state index contributed by atoms with van der Waals surface area (Å²) in [5.41, 5.74) is 3.17. The number of phenols is 1. The minimum atomic E-state index is -0.103. The molecule has 2 N–H and O–H groups in total. The second-order valence-electron chi connectivity index (χ2n) is 8.11. The van der Waals surface area contributed by atoms with Crippen LogP contribution in [0.25, 0.3) is 0 Å². The van der Waals surface area contributed by atoms with E-state index in [0.717, 1.165) is 19.3 Å². The van der Waals surface area contributed by atoms with Crippen LogP contribution in [0, 0.1) is 17.3 Å². The Morgan fingerprint density at radius 3 is 2.67 bits per heavy atom. The summed E-state index contributed by atoms with van der Waals surface area (Å²) >= 11 is 0. The number of aliphatic hydroxyl groups is 1. The van der Waals surface area contributed by atoms with Crippen molar-refractivity contribution >= 4 is 0 Å². The first-order valence-electron chi connectivity index (χ1n) is 8.45. The predicted molar refractivity (Wildman–Crippen MR) is 83.3 cm³/mol. The smallest absolute Gasteiger partial charge is 0.115 e. The zero-order valence-electron chi connectivity index (χ0n) is 13.1. The van der Waals surface area contributed by atoms with Crippen molar-refractivity contribution in [3.8, 4) is 5.75 Å². The quantitative estimate of drug-likeness (QED) is 0.762. The molecule has 3 aliphatic carbocycles. The van der Waals surface area contributed by atoms with E-state index in [9.17, 15) is 10.2 Å². The number of benzene rings is 1. The highest BCUT2D eigenvalue weighted by atomic mass is 16.3. The first-order valence-corrected chi connectivity index (χ1v) is 8.45. The van der Waals surface area contributed by atoms with Crippen LogP contribution in [0.15, 0.2) is 18.2 Å². The number of fused-ring (bicyclic) bond motifs is 5. The van der Waals surface area contributed by atoms with Gasteiger partial charge in [-0.25, -0.2) is 0 Å². The maximum atomic E-state index is 10.5. The monoisotopic (exact) mass is 286 g/mol. The van der Waals surface area contributed by atoms with Gasteiger partial charge < -0.3 is 10.2 Å². The van der Waals surface area contributed by atoms with Gasteiger partial charge in [-0.05, 0) is 84.5 Å². The first-order chi connectivity index (χ1) is 9.95. The van der Waals surface area contributed by atoms with E-state index in [1.807, 2.05) is 12.1 Å². The molecule has 114 valence electrons. The molecule has 0 spiro atoms. The lowest BCUT2D eigenvalue weighted by molar-refractivity contribution is -0.0462. The summed E-state index contributed by atoms with van der Waals surface area (Å²) in [7, 11) is 0. The van der Waals surface area contributed by atoms with Crippen LogP contribution >= 0.6 is 0 Å². The average Bonchev–Trinajstić information content (AvgIpc) is 2.75. The van der Waals surface area contributed by atoms with E-state index < -0.39 is 0 Å². The minimum absolute atomic E-state index is 0.103. The molecule has 0 radical (unpaired) electrons. The van der Waals surface area contributed by atoms with Crippen molar-refractivity contribution in [3.05, 3.63) is 29.3 Å². The van der Waals surface area contributed by atoms with Crippen LogP contribution in [0.4, 0.5) is 0 Å². The van der Waals surface area contributed by atoms with E-state index in [0.29, 0.717) is 17.6 Å². The Hall–Kier alpha value is -1.02. The van der Waals surface area contributed by atoms with Crippen LogP contribution in [0.2, 0.25) is 0 Å². The highest BCUT2D eigenvalue weighted by Gasteiger charge is 2.58. The van der Waals surface area contributed by atoms with Crippen LogP contribution in [0.1, 0.15) is 57.1 Å². The molecule has 0 saturated heterocycles. The van der Waals surface area contributed by atoms with Gasteiger partial charge in [0, 0.05) is 0 Å². The Morgan fingerprint density at radius 1 is 1.05 bits per heavy atom. The van der Waals surface area contributed by atoms with Crippen molar-refractivity contribution in [2.45, 2.75) is 63.9 Å². The third-order valence-corrected chi connectivity index (χ3v) is 7.28. The van der Waals surface area contributed by atoms with Crippen LogP contribution in [-0.4, -0.2) is 16.3 Å². The van der Waals surface area contributed by atoms with Gasteiger partial charge in [-0.15, -0.1) is 0 Å². The highest BCUT2D eigenvalue weighted by Crippen LogP contribution is 2.63. The summed E-state index contributed by atoms with van der Waals surface area (Å²) in [4.78, 5) is 0. The van der Waals surface area contributed by atoms with Gasteiger partial charge in [0.05, 0.1) is 6.10 Å². The molecule has 0 bridgehead atoms. The molecular weight excluding hydrogens is 260 g/mol. The molecule has 5 atom stereocenters. The summed E-state index contributed by atoms with van der Waals surface area (Å²) in [5, 5.41) is 20.2. The summed E-state index contributed by atoms with van der Waals surface area (Å²) in [5.74, 6) is 1.74. The molecule has 2 fully saturated rings. The van der Waals surface area contributed by atoms with E-state index in [1.54, 1.807) is 0 Å². The Morgan fingerprint density at radius 2 is 1.86 bits per heavy atom. The molecule has 0 amide bonds. The lowest BCUT2D eigenvalue weighted by Crippen LogP contribution is -2.51. The Kier molecular flexibility index (Phi) is 2.76. The van der Waals surface area contributed by atoms with E-state index in [-0.39, 0.29) is 16.9 Å². The Labute approximate surface area is 127 Å². The maximum Gasteiger partial charge on any atom is 0.115 e. The van der Waals surface area contributed by atoms with Gasteiger partial charge in [0.15, 0.2) is 0 Å². The van der Waals surface area contributed by atoms with Gasteiger partial charge in [0.25, 0.3) is 0 Å². The van der Waals surface area contributed by atoms with Crippen LogP contribution < -0.4 is 0 Å². The SMILES string of the molecule is CC12CCC3(C)C(O)CCC3C1CCc1cc(O)ccc12. The van der Waals surface area contributed by atoms with Crippen molar-refractivity contribution in [3.63, 3.8) is 0 Å². The van der Waals surface area contributed by atoms with Gasteiger partial charge in [0.2, 0.25) is 0 Å². The molecule has 0 heterocycles. The van der Waals surface area contributed by atoms with Crippen LogP contribution in [0.3, 0.4) is 0 Å². The number of aliphatic hydroxyl groups excluding tert-OH is 1. The number of aromatic hydroxyl groups is 1. The minimum Gasteiger partial charge on any atom is -0.508 e. The lowest BCUT2D eigenvalue weighted by Gasteiger charge is -2.55. The fraction of sp³-hybridized carbons (Fsp3) is 0.684. The molecule has 2 saturated carbocycles. The van der Waals surface area contributed by atoms with E-state index in [2.05, 4.69) is 19.9 Å². The van der Waals surface area contributed by atoms with Gasteiger partial charge >= 0.3 is 0 Å². The zero-order valence-corrected chi connectivity index (χ0v) is 13.1. The molecule has 0 aromatic heterocycles. The number of phenolic OH excluding ortho intramolecular Hbond substituents is 1. The molecule has 2 heteroatoms. The summed E-state index contributed by atoms with van der Waals surface area (Å²) in [6, 6.07) is 5.97. The third-order valence-electron chi connectivity index (χ3n) is 7.28. The summed E-state index contributed by atoms with van der Waals surface area (Å²) in [6.07, 6.45) is 6.65. The number of rotatable bonds is 0. The van der Waals surface area contributed by atoms with Gasteiger partial charge in [-0.2, -0.15) is 0 Å². The van der Waals surface area contributed by atoms with Gasteiger partial charge in [-0.1, -0.05) is 19.9 Å². The van der Waals surface area contributed by atoms with Gasteiger partial charge in [0.1, 0.15) is 5.75 Å². The fourth-order valence-electron chi connectivity index (χ4n) is 5.92. The molecule has 3 aliphatic rings. The normalized spacial score (nSPS) is 44.8. The molecule has 2 nitrogen and oxygen atoms in total. The number of hydrogen-bond donors (Lipinski definition) is 2. The van der Waals surface area contributed by atoms with E-state index >= 15 is 0 Å². The molecule has 21 heavy (non-hydrogen) atoms. The summed E-state index contributed by atoms with van der Waals surface area (Å²) in [6.45, 7) is 4.75. The van der Waals surface area contributed by atoms with E-state index in [4.69, 9.17) is 0 Å². The van der Waals surface area contributed by atoms with Crippen molar-refractivity contribution in [1.82, 2.24) is 0 Å². The van der Waals surface area contributed by atoms with Crippen molar-refractivity contribution in [1.29, 1.82) is 0 Å². The largest absolute Gasteiger partial charge is 0.508 e. The average molecular weight is 286 g/mol. The molecule has 1 aromatic rings. The Bertz CT molecular complexity index is 581. The molecule has 4 rings (SSSR count). The van der Waals surface area contributed by atoms with Crippen molar-refractivity contribution < 1.29 is 10.2 Å². The zero-order chi connectivity index (χ0) is 14.8. The Balaban J connectivity index is 1.78. The molecule has 0 aliphatic heterocycles.